The number of rotatable bonds is 10. The topological polar surface area (TPSA) is 49.6 Å². The summed E-state index contributed by atoms with van der Waals surface area (Å²) >= 11 is 0. The van der Waals surface area contributed by atoms with Gasteiger partial charge < -0.3 is 14.6 Å². The number of nitrogens with one attached hydrogen (secondary N) is 1. The summed E-state index contributed by atoms with van der Waals surface area (Å²) in [6.45, 7) is 10.5. The molecule has 0 aliphatic carbocycles. The summed E-state index contributed by atoms with van der Waals surface area (Å²) in [4.78, 5) is 19.0. The minimum atomic E-state index is 0.128. The van der Waals surface area contributed by atoms with Crippen LogP contribution in [0.5, 0.6) is 0 Å². The van der Waals surface area contributed by atoms with Gasteiger partial charge in [0.05, 0.1) is 5.69 Å². The van der Waals surface area contributed by atoms with Crippen LogP contribution in [0.2, 0.25) is 0 Å². The van der Waals surface area contributed by atoms with Crippen LogP contribution in [0, 0.1) is 6.92 Å². The monoisotopic (exact) mass is 330 g/mol. The van der Waals surface area contributed by atoms with Crippen molar-refractivity contribution in [3.8, 4) is 0 Å². The smallest absolute Gasteiger partial charge is 0.220 e. The first kappa shape index (κ1) is 18.5. The Bertz CT molecular complexity index is 646. The molecule has 5 heteroatoms. The van der Waals surface area contributed by atoms with Gasteiger partial charge >= 0.3 is 0 Å². The molecule has 2 rings (SSSR count). The largest absolute Gasteiger partial charge is 0.356 e. The molecule has 2 aromatic heterocycles. The molecular formula is C19H30N4O. The molecule has 0 bridgehead atoms. The Balaban J connectivity index is 1.70. The van der Waals surface area contributed by atoms with Gasteiger partial charge in [-0.15, -0.1) is 0 Å². The maximum atomic E-state index is 12.0. The molecule has 0 fully saturated rings. The molecule has 24 heavy (non-hydrogen) atoms. The van der Waals surface area contributed by atoms with Gasteiger partial charge in [0, 0.05) is 24.9 Å². The first-order valence-corrected chi connectivity index (χ1v) is 9.07. The van der Waals surface area contributed by atoms with Crippen molar-refractivity contribution in [2.75, 3.05) is 26.2 Å². The lowest BCUT2D eigenvalue weighted by Gasteiger charge is -2.17. The van der Waals surface area contributed by atoms with E-state index in [0.29, 0.717) is 6.42 Å². The molecule has 0 saturated heterocycles. The van der Waals surface area contributed by atoms with Crippen molar-refractivity contribution < 1.29 is 4.79 Å². The van der Waals surface area contributed by atoms with Gasteiger partial charge in [-0.1, -0.05) is 19.9 Å². The summed E-state index contributed by atoms with van der Waals surface area (Å²) in [5.41, 5.74) is 3.08. The second-order valence-electron chi connectivity index (χ2n) is 6.16. The first-order chi connectivity index (χ1) is 11.7. The molecule has 1 N–H and O–H groups in total. The van der Waals surface area contributed by atoms with Crippen LogP contribution in [-0.2, 0) is 11.2 Å². The number of aromatic nitrogens is 2. The van der Waals surface area contributed by atoms with Crippen molar-refractivity contribution in [1.29, 1.82) is 0 Å². The molecule has 2 heterocycles. The van der Waals surface area contributed by atoms with E-state index in [4.69, 9.17) is 0 Å². The highest BCUT2D eigenvalue weighted by Crippen LogP contribution is 2.13. The third kappa shape index (κ3) is 5.06. The van der Waals surface area contributed by atoms with Gasteiger partial charge in [0.1, 0.15) is 5.65 Å². The number of hydrogen-bond donors (Lipinski definition) is 1. The zero-order chi connectivity index (χ0) is 17.4. The van der Waals surface area contributed by atoms with Gasteiger partial charge in [0.15, 0.2) is 0 Å². The number of aryl methyl sites for hydroxylation is 2. The van der Waals surface area contributed by atoms with Crippen LogP contribution in [-0.4, -0.2) is 46.4 Å². The average Bonchev–Trinajstić information content (AvgIpc) is 2.91. The van der Waals surface area contributed by atoms with Crippen LogP contribution in [0.25, 0.3) is 5.65 Å². The molecule has 5 nitrogen and oxygen atoms in total. The quantitative estimate of drug-likeness (QED) is 0.682. The Labute approximate surface area is 145 Å². The molecule has 0 aliphatic heterocycles. The molecule has 0 aromatic carbocycles. The van der Waals surface area contributed by atoms with Crippen molar-refractivity contribution in [2.45, 2.75) is 46.5 Å². The van der Waals surface area contributed by atoms with E-state index in [1.54, 1.807) is 0 Å². The standard InChI is InChI=1S/C19H30N4O/c1-4-22(5-2)14-9-7-13-20-19(24)12-11-17-16(3)21-18-10-6-8-15-23(17)18/h6,8,10,15H,4-5,7,9,11-14H2,1-3H3,(H,20,24). The number of unbranched alkanes of at least 4 members (excludes halogenated alkanes) is 1. The highest BCUT2D eigenvalue weighted by molar-refractivity contribution is 5.76. The van der Waals surface area contributed by atoms with Crippen molar-refractivity contribution in [3.63, 3.8) is 0 Å². The van der Waals surface area contributed by atoms with Crippen LogP contribution in [0.1, 0.15) is 44.5 Å². The van der Waals surface area contributed by atoms with Gasteiger partial charge in [-0.25, -0.2) is 4.98 Å². The Hall–Kier alpha value is -1.88. The lowest BCUT2D eigenvalue weighted by atomic mass is 10.2. The predicted octanol–water partition coefficient (Wildman–Crippen LogP) is 2.81. The number of hydrogen-bond acceptors (Lipinski definition) is 3. The van der Waals surface area contributed by atoms with E-state index in [2.05, 4.69) is 33.4 Å². The molecule has 0 unspecified atom stereocenters. The van der Waals surface area contributed by atoms with Gasteiger partial charge in [-0.3, -0.25) is 4.79 Å². The summed E-state index contributed by atoms with van der Waals surface area (Å²) in [6, 6.07) is 5.97. The molecular weight excluding hydrogens is 300 g/mol. The lowest BCUT2D eigenvalue weighted by molar-refractivity contribution is -0.121. The lowest BCUT2D eigenvalue weighted by Crippen LogP contribution is -2.27. The van der Waals surface area contributed by atoms with E-state index in [1.165, 1.54) is 0 Å². The summed E-state index contributed by atoms with van der Waals surface area (Å²) in [7, 11) is 0. The number of carbonyl (C=O) groups excluding carboxylic acids is 1. The molecule has 0 aliphatic rings. The average molecular weight is 330 g/mol. The Morgan fingerprint density at radius 2 is 2.04 bits per heavy atom. The second kappa shape index (κ2) is 9.42. The van der Waals surface area contributed by atoms with Crippen LogP contribution in [0.15, 0.2) is 24.4 Å². The predicted molar refractivity (Wildman–Crippen MR) is 98.3 cm³/mol. The zero-order valence-corrected chi connectivity index (χ0v) is 15.2. The Kier molecular flexibility index (Phi) is 7.25. The van der Waals surface area contributed by atoms with E-state index in [-0.39, 0.29) is 5.91 Å². The number of carbonyl (C=O) groups is 1. The summed E-state index contributed by atoms with van der Waals surface area (Å²) < 4.78 is 2.08. The number of pyridine rings is 1. The van der Waals surface area contributed by atoms with Crippen LogP contribution in [0.3, 0.4) is 0 Å². The van der Waals surface area contributed by atoms with E-state index in [0.717, 1.165) is 62.5 Å². The number of imidazole rings is 1. The normalized spacial score (nSPS) is 11.3. The summed E-state index contributed by atoms with van der Waals surface area (Å²) in [5, 5.41) is 3.04. The van der Waals surface area contributed by atoms with Crippen molar-refractivity contribution in [2.24, 2.45) is 0 Å². The molecule has 1 amide bonds. The molecule has 2 aromatic rings. The van der Waals surface area contributed by atoms with E-state index in [1.807, 2.05) is 31.3 Å². The van der Waals surface area contributed by atoms with Gasteiger partial charge in [-0.2, -0.15) is 0 Å². The zero-order valence-electron chi connectivity index (χ0n) is 15.2. The fourth-order valence-electron chi connectivity index (χ4n) is 3.01. The third-order valence-electron chi connectivity index (χ3n) is 4.54. The minimum Gasteiger partial charge on any atom is -0.356 e. The molecule has 0 radical (unpaired) electrons. The van der Waals surface area contributed by atoms with Crippen molar-refractivity contribution in [1.82, 2.24) is 19.6 Å². The number of amides is 1. The van der Waals surface area contributed by atoms with Gasteiger partial charge in [-0.05, 0) is 58.0 Å². The van der Waals surface area contributed by atoms with Gasteiger partial charge in [0.2, 0.25) is 5.91 Å². The molecule has 0 saturated carbocycles. The van der Waals surface area contributed by atoms with E-state index in [9.17, 15) is 4.79 Å². The third-order valence-corrected chi connectivity index (χ3v) is 4.54. The fraction of sp³-hybridized carbons (Fsp3) is 0.579. The fourth-order valence-corrected chi connectivity index (χ4v) is 3.01. The molecule has 0 atom stereocenters. The highest BCUT2D eigenvalue weighted by Gasteiger charge is 2.10. The second-order valence-corrected chi connectivity index (χ2v) is 6.16. The van der Waals surface area contributed by atoms with E-state index >= 15 is 0 Å². The Morgan fingerprint density at radius 1 is 1.25 bits per heavy atom. The summed E-state index contributed by atoms with van der Waals surface area (Å²) in [5.74, 6) is 0.128. The van der Waals surface area contributed by atoms with Crippen LogP contribution in [0.4, 0.5) is 0 Å². The number of fused-ring (bicyclic) bond motifs is 1. The van der Waals surface area contributed by atoms with Gasteiger partial charge in [0.25, 0.3) is 0 Å². The molecule has 132 valence electrons. The molecule has 0 spiro atoms. The summed E-state index contributed by atoms with van der Waals surface area (Å²) in [6.07, 6.45) is 5.42. The minimum absolute atomic E-state index is 0.128. The van der Waals surface area contributed by atoms with Crippen LogP contribution < -0.4 is 5.32 Å². The van der Waals surface area contributed by atoms with Crippen LogP contribution >= 0.6 is 0 Å². The Morgan fingerprint density at radius 3 is 2.79 bits per heavy atom. The first-order valence-electron chi connectivity index (χ1n) is 9.07. The van der Waals surface area contributed by atoms with Crippen molar-refractivity contribution >= 4 is 11.6 Å². The highest BCUT2D eigenvalue weighted by atomic mass is 16.1. The van der Waals surface area contributed by atoms with Crippen molar-refractivity contribution in [3.05, 3.63) is 35.8 Å². The SMILES string of the molecule is CCN(CC)CCCCNC(=O)CCc1c(C)nc2ccccn12. The maximum absolute atomic E-state index is 12.0. The van der Waals surface area contributed by atoms with E-state index < -0.39 is 0 Å². The number of nitrogens with zero attached hydrogens (tertiary/aromatic N) is 3. The maximum Gasteiger partial charge on any atom is 0.220 e.